The van der Waals surface area contributed by atoms with E-state index in [0.29, 0.717) is 18.6 Å². The van der Waals surface area contributed by atoms with Crippen molar-refractivity contribution in [2.45, 2.75) is 53.0 Å². The van der Waals surface area contributed by atoms with Gasteiger partial charge in [0.1, 0.15) is 5.58 Å². The Hall–Kier alpha value is -1.95. The molecule has 2 rings (SSSR count). The Kier molecular flexibility index (Phi) is 8.90. The number of aryl methyl sites for hydroxylation is 1. The number of hydrogen-bond donors (Lipinski definition) is 0. The molecule has 1 heterocycles. The highest BCUT2D eigenvalue weighted by Gasteiger charge is 2.16. The number of anilines is 1. The minimum absolute atomic E-state index is 0.132. The van der Waals surface area contributed by atoms with Crippen LogP contribution in [-0.4, -0.2) is 36.7 Å². The lowest BCUT2D eigenvalue weighted by Crippen LogP contribution is -2.32. The predicted octanol–water partition coefficient (Wildman–Crippen LogP) is 4.78. The van der Waals surface area contributed by atoms with Gasteiger partial charge in [-0.3, -0.25) is 4.79 Å². The van der Waals surface area contributed by atoms with E-state index in [1.54, 1.807) is 13.0 Å². The molecule has 2 aromatic rings. The zero-order chi connectivity index (χ0) is 20.5. The summed E-state index contributed by atoms with van der Waals surface area (Å²) in [5.41, 5.74) is 2.41. The fraction of sp³-hybridized carbons (Fsp3) is 0.545. The van der Waals surface area contributed by atoms with Gasteiger partial charge in [-0.2, -0.15) is 11.8 Å². The van der Waals surface area contributed by atoms with Gasteiger partial charge in [0.2, 0.25) is 0 Å². The van der Waals surface area contributed by atoms with Gasteiger partial charge in [-0.05, 0) is 57.3 Å². The van der Waals surface area contributed by atoms with Gasteiger partial charge in [0.05, 0.1) is 12.3 Å². The van der Waals surface area contributed by atoms with Crippen molar-refractivity contribution >= 4 is 34.4 Å². The van der Waals surface area contributed by atoms with Crippen LogP contribution in [0.3, 0.4) is 0 Å². The zero-order valence-electron chi connectivity index (χ0n) is 17.3. The molecule has 0 N–H and O–H groups in total. The predicted molar refractivity (Wildman–Crippen MR) is 118 cm³/mol. The summed E-state index contributed by atoms with van der Waals surface area (Å²) in [4.78, 5) is 25.4. The molecule has 5 nitrogen and oxygen atoms in total. The van der Waals surface area contributed by atoms with Crippen LogP contribution in [0.5, 0.6) is 0 Å². The summed E-state index contributed by atoms with van der Waals surface area (Å²) in [6, 6.07) is 7.80. The van der Waals surface area contributed by atoms with Crippen LogP contribution in [0, 0.1) is 6.92 Å². The molecular formula is C22H31NO4S. The summed E-state index contributed by atoms with van der Waals surface area (Å²) in [6.45, 7) is 9.52. The number of ether oxygens (including phenoxy) is 1. The van der Waals surface area contributed by atoms with E-state index in [-0.39, 0.29) is 17.6 Å². The number of benzene rings is 1. The van der Waals surface area contributed by atoms with Crippen LogP contribution in [0.1, 0.15) is 45.6 Å². The molecule has 154 valence electrons. The molecule has 0 atom stereocenters. The first-order chi connectivity index (χ1) is 13.4. The van der Waals surface area contributed by atoms with Crippen molar-refractivity contribution in [3.8, 4) is 0 Å². The second kappa shape index (κ2) is 11.1. The first-order valence-electron chi connectivity index (χ1n) is 9.97. The lowest BCUT2D eigenvalue weighted by molar-refractivity contribution is -0.143. The Labute approximate surface area is 171 Å². The summed E-state index contributed by atoms with van der Waals surface area (Å²) in [7, 11) is 0. The Balaban J connectivity index is 1.92. The molecule has 28 heavy (non-hydrogen) atoms. The second-order valence-corrected chi connectivity index (χ2v) is 8.36. The number of nitrogens with zero attached hydrogens (tertiary/aromatic N) is 1. The average Bonchev–Trinajstić information content (AvgIpc) is 2.66. The number of rotatable bonds is 11. The first-order valence-corrected chi connectivity index (χ1v) is 11.1. The third-order valence-corrected chi connectivity index (χ3v) is 5.64. The zero-order valence-corrected chi connectivity index (χ0v) is 18.1. The summed E-state index contributed by atoms with van der Waals surface area (Å²) in [5.74, 6) is 1.88. The highest BCUT2D eigenvalue weighted by atomic mass is 32.2. The Morgan fingerprint density at radius 3 is 2.68 bits per heavy atom. The molecule has 0 saturated heterocycles. The molecule has 0 fully saturated rings. The van der Waals surface area contributed by atoms with E-state index in [1.165, 1.54) is 0 Å². The summed E-state index contributed by atoms with van der Waals surface area (Å²) < 4.78 is 10.5. The van der Waals surface area contributed by atoms with Crippen molar-refractivity contribution in [1.82, 2.24) is 0 Å². The van der Waals surface area contributed by atoms with Gasteiger partial charge in [-0.1, -0.05) is 18.6 Å². The molecule has 0 saturated carbocycles. The van der Waals surface area contributed by atoms with E-state index in [4.69, 9.17) is 9.15 Å². The lowest BCUT2D eigenvalue weighted by Gasteiger charge is -2.29. The fourth-order valence-electron chi connectivity index (χ4n) is 3.04. The topological polar surface area (TPSA) is 59.8 Å². The molecule has 1 aromatic heterocycles. The van der Waals surface area contributed by atoms with E-state index in [0.717, 1.165) is 47.5 Å². The van der Waals surface area contributed by atoms with Crippen molar-refractivity contribution in [1.29, 1.82) is 0 Å². The van der Waals surface area contributed by atoms with Crippen LogP contribution in [0.2, 0.25) is 0 Å². The average molecular weight is 406 g/mol. The van der Waals surface area contributed by atoms with Crippen LogP contribution < -0.4 is 10.5 Å². The van der Waals surface area contributed by atoms with Gasteiger partial charge in [-0.25, -0.2) is 4.79 Å². The third kappa shape index (κ3) is 6.59. The summed E-state index contributed by atoms with van der Waals surface area (Å²) >= 11 is 1.87. The van der Waals surface area contributed by atoms with Crippen LogP contribution in [-0.2, 0) is 9.53 Å². The van der Waals surface area contributed by atoms with Crippen molar-refractivity contribution in [3.05, 3.63) is 40.2 Å². The largest absolute Gasteiger partial charge is 0.466 e. The number of carbonyl (C=O) groups is 1. The molecule has 0 aliphatic carbocycles. The number of carbonyl (C=O) groups excluding carboxylic acids is 1. The third-order valence-electron chi connectivity index (χ3n) is 4.48. The number of hydrogen-bond acceptors (Lipinski definition) is 6. The molecule has 0 amide bonds. The molecule has 6 heteroatoms. The van der Waals surface area contributed by atoms with Gasteiger partial charge in [-0.15, -0.1) is 0 Å². The molecule has 0 radical (unpaired) electrons. The summed E-state index contributed by atoms with van der Waals surface area (Å²) in [5, 5.41) is 0.985. The number of thioether (sulfide) groups is 1. The Morgan fingerprint density at radius 2 is 1.96 bits per heavy atom. The van der Waals surface area contributed by atoms with Gasteiger partial charge in [0.15, 0.2) is 0 Å². The van der Waals surface area contributed by atoms with Gasteiger partial charge >= 0.3 is 11.6 Å². The van der Waals surface area contributed by atoms with Crippen LogP contribution in [0.25, 0.3) is 11.0 Å². The molecular weight excluding hydrogens is 374 g/mol. The van der Waals surface area contributed by atoms with Gasteiger partial charge < -0.3 is 14.1 Å². The molecule has 0 aliphatic heterocycles. The fourth-order valence-corrected chi connectivity index (χ4v) is 3.90. The maximum absolute atomic E-state index is 12.0. The minimum Gasteiger partial charge on any atom is -0.466 e. The van der Waals surface area contributed by atoms with Crippen molar-refractivity contribution < 1.29 is 13.9 Å². The smallest absolute Gasteiger partial charge is 0.338 e. The molecule has 0 spiro atoms. The van der Waals surface area contributed by atoms with Crippen molar-refractivity contribution in [2.75, 3.05) is 29.6 Å². The SMILES string of the molecule is CCC(=O)OCCCSCCCN(c1cc(=O)oc2ccc(C)cc12)C(C)C. The Bertz CT molecular complexity index is 831. The minimum atomic E-state index is -0.312. The summed E-state index contributed by atoms with van der Waals surface area (Å²) in [6.07, 6.45) is 2.34. The van der Waals surface area contributed by atoms with Crippen molar-refractivity contribution in [2.24, 2.45) is 0 Å². The number of fused-ring (bicyclic) bond motifs is 1. The van der Waals surface area contributed by atoms with E-state index in [2.05, 4.69) is 24.8 Å². The van der Waals surface area contributed by atoms with Crippen LogP contribution >= 0.6 is 11.8 Å². The van der Waals surface area contributed by atoms with Crippen LogP contribution in [0.4, 0.5) is 5.69 Å². The van der Waals surface area contributed by atoms with Gasteiger partial charge in [0, 0.05) is 30.5 Å². The first kappa shape index (κ1) is 22.3. The monoisotopic (exact) mass is 405 g/mol. The van der Waals surface area contributed by atoms with Crippen molar-refractivity contribution in [3.63, 3.8) is 0 Å². The molecule has 0 unspecified atom stereocenters. The lowest BCUT2D eigenvalue weighted by atomic mass is 10.1. The maximum atomic E-state index is 12.0. The van der Waals surface area contributed by atoms with E-state index in [1.807, 2.05) is 30.8 Å². The van der Waals surface area contributed by atoms with E-state index >= 15 is 0 Å². The number of esters is 1. The molecule has 0 aliphatic rings. The quantitative estimate of drug-likeness (QED) is 0.304. The Morgan fingerprint density at radius 1 is 1.21 bits per heavy atom. The van der Waals surface area contributed by atoms with E-state index < -0.39 is 0 Å². The highest BCUT2D eigenvalue weighted by Crippen LogP contribution is 2.28. The maximum Gasteiger partial charge on any atom is 0.338 e. The van der Waals surface area contributed by atoms with Crippen LogP contribution in [0.15, 0.2) is 33.5 Å². The molecule has 1 aromatic carbocycles. The normalized spacial score (nSPS) is 11.2. The molecule has 0 bridgehead atoms. The highest BCUT2D eigenvalue weighted by molar-refractivity contribution is 7.99. The van der Waals surface area contributed by atoms with Gasteiger partial charge in [0.25, 0.3) is 0 Å². The standard InChI is InChI=1S/C22H31NO4S/c1-5-21(24)26-11-7-13-28-12-6-10-23(16(2)3)19-15-22(25)27-20-9-8-17(4)14-18(19)20/h8-9,14-16H,5-7,10-13H2,1-4H3. The second-order valence-electron chi connectivity index (χ2n) is 7.13. The van der Waals surface area contributed by atoms with E-state index in [9.17, 15) is 9.59 Å².